The molecule has 1 fully saturated rings. The summed E-state index contributed by atoms with van der Waals surface area (Å²) in [6.07, 6.45) is 5.81. The van der Waals surface area contributed by atoms with Gasteiger partial charge in [0.05, 0.1) is 4.92 Å². The Hall–Kier alpha value is -2.47. The Kier molecular flexibility index (Phi) is 5.05. The Morgan fingerprint density at radius 3 is 2.38 bits per heavy atom. The van der Waals surface area contributed by atoms with E-state index < -0.39 is 0 Å². The fourth-order valence-electron chi connectivity index (χ4n) is 3.20. The normalized spacial score (nSPS) is 17.4. The number of nitro benzene ring substituents is 1. The number of non-ortho nitro benzene ring substituents is 1. The van der Waals surface area contributed by atoms with Crippen molar-refractivity contribution in [1.82, 2.24) is 9.88 Å². The zero-order valence-electron chi connectivity index (χ0n) is 13.8. The van der Waals surface area contributed by atoms with Gasteiger partial charge in [-0.1, -0.05) is 0 Å². The highest BCUT2D eigenvalue weighted by molar-refractivity contribution is 5.49. The summed E-state index contributed by atoms with van der Waals surface area (Å²) in [7, 11) is 0. The first-order valence-corrected chi connectivity index (χ1v) is 8.28. The number of nitrogens with zero attached hydrogens (tertiary/aromatic N) is 3. The molecule has 0 radical (unpaired) electrons. The minimum atomic E-state index is -0.372. The average Bonchev–Trinajstić information content (AvgIpc) is 2.63. The summed E-state index contributed by atoms with van der Waals surface area (Å²) in [4.78, 5) is 16.9. The molecule has 1 aromatic carbocycles. The van der Waals surface area contributed by atoms with Crippen molar-refractivity contribution in [2.24, 2.45) is 0 Å². The molecule has 2 aromatic rings. The van der Waals surface area contributed by atoms with E-state index in [2.05, 4.69) is 34.3 Å². The van der Waals surface area contributed by atoms with E-state index in [-0.39, 0.29) is 10.6 Å². The van der Waals surface area contributed by atoms with Crippen LogP contribution in [0, 0.1) is 10.1 Å². The van der Waals surface area contributed by atoms with Gasteiger partial charge in [-0.05, 0) is 49.6 Å². The Morgan fingerprint density at radius 1 is 1.17 bits per heavy atom. The molecule has 1 saturated heterocycles. The van der Waals surface area contributed by atoms with Gasteiger partial charge in [0.15, 0.2) is 0 Å². The molecule has 6 heteroatoms. The lowest BCUT2D eigenvalue weighted by Crippen LogP contribution is -2.40. The standard InChI is InChI=1S/C18H22N4O2/c1-14(15-6-10-19-11-7-15)21-12-8-17(9-13-21)20-16-2-4-18(5-3-16)22(23)24/h2-7,10-11,14,17,20H,8-9,12-13H2,1H3. The van der Waals surface area contributed by atoms with Crippen LogP contribution in [0.15, 0.2) is 48.8 Å². The summed E-state index contributed by atoms with van der Waals surface area (Å²) >= 11 is 0. The van der Waals surface area contributed by atoms with Gasteiger partial charge in [-0.25, -0.2) is 0 Å². The van der Waals surface area contributed by atoms with Crippen molar-refractivity contribution in [3.63, 3.8) is 0 Å². The molecule has 0 spiro atoms. The van der Waals surface area contributed by atoms with Crippen LogP contribution in [0.5, 0.6) is 0 Å². The maximum atomic E-state index is 10.7. The molecular weight excluding hydrogens is 304 g/mol. The number of nitrogens with one attached hydrogen (secondary N) is 1. The Bertz CT molecular complexity index is 667. The van der Waals surface area contributed by atoms with Crippen LogP contribution in [-0.4, -0.2) is 33.9 Å². The third kappa shape index (κ3) is 3.89. The van der Waals surface area contributed by atoms with Crippen molar-refractivity contribution in [1.29, 1.82) is 0 Å². The van der Waals surface area contributed by atoms with E-state index in [1.807, 2.05) is 12.4 Å². The first-order valence-electron chi connectivity index (χ1n) is 8.28. The van der Waals surface area contributed by atoms with Crippen LogP contribution in [0.4, 0.5) is 11.4 Å². The van der Waals surface area contributed by atoms with Crippen molar-refractivity contribution in [2.75, 3.05) is 18.4 Å². The van der Waals surface area contributed by atoms with E-state index in [1.54, 1.807) is 24.3 Å². The van der Waals surface area contributed by atoms with Crippen LogP contribution in [0.3, 0.4) is 0 Å². The molecule has 1 aromatic heterocycles. The monoisotopic (exact) mass is 326 g/mol. The number of aromatic nitrogens is 1. The van der Waals surface area contributed by atoms with Crippen molar-refractivity contribution >= 4 is 11.4 Å². The van der Waals surface area contributed by atoms with E-state index in [1.165, 1.54) is 5.56 Å². The lowest BCUT2D eigenvalue weighted by molar-refractivity contribution is -0.384. The molecule has 1 unspecified atom stereocenters. The van der Waals surface area contributed by atoms with E-state index in [4.69, 9.17) is 0 Å². The number of rotatable bonds is 5. The third-order valence-electron chi connectivity index (χ3n) is 4.71. The van der Waals surface area contributed by atoms with E-state index >= 15 is 0 Å². The third-order valence-corrected chi connectivity index (χ3v) is 4.71. The number of hydrogen-bond donors (Lipinski definition) is 1. The van der Waals surface area contributed by atoms with Crippen molar-refractivity contribution in [3.8, 4) is 0 Å². The maximum absolute atomic E-state index is 10.7. The van der Waals surface area contributed by atoms with Crippen molar-refractivity contribution < 1.29 is 4.92 Å². The van der Waals surface area contributed by atoms with E-state index in [9.17, 15) is 10.1 Å². The van der Waals surface area contributed by atoms with Gasteiger partial charge in [0.25, 0.3) is 5.69 Å². The van der Waals surface area contributed by atoms with Crippen molar-refractivity contribution in [3.05, 3.63) is 64.5 Å². The van der Waals surface area contributed by atoms with Gasteiger partial charge >= 0.3 is 0 Å². The Labute approximate surface area is 141 Å². The van der Waals surface area contributed by atoms with Crippen LogP contribution in [0.25, 0.3) is 0 Å². The van der Waals surface area contributed by atoms with Crippen LogP contribution in [0.2, 0.25) is 0 Å². The number of hydrogen-bond acceptors (Lipinski definition) is 5. The number of piperidine rings is 1. The highest BCUT2D eigenvalue weighted by Gasteiger charge is 2.23. The summed E-state index contributed by atoms with van der Waals surface area (Å²) in [6, 6.07) is 11.6. The zero-order valence-corrected chi connectivity index (χ0v) is 13.8. The number of likely N-dealkylation sites (tertiary alicyclic amines) is 1. The van der Waals surface area contributed by atoms with E-state index in [0.29, 0.717) is 12.1 Å². The van der Waals surface area contributed by atoms with Crippen LogP contribution >= 0.6 is 0 Å². The fourth-order valence-corrected chi connectivity index (χ4v) is 3.20. The first kappa shape index (κ1) is 16.4. The predicted molar refractivity (Wildman–Crippen MR) is 94.0 cm³/mol. The number of anilines is 1. The second-order valence-electron chi connectivity index (χ2n) is 6.22. The first-order chi connectivity index (χ1) is 11.6. The van der Waals surface area contributed by atoms with Gasteiger partial charge in [-0.15, -0.1) is 0 Å². The molecular formula is C18H22N4O2. The Morgan fingerprint density at radius 2 is 1.79 bits per heavy atom. The summed E-state index contributed by atoms with van der Waals surface area (Å²) in [5, 5.41) is 14.2. The molecule has 3 rings (SSSR count). The molecule has 0 saturated carbocycles. The molecule has 0 aliphatic carbocycles. The average molecular weight is 326 g/mol. The second-order valence-corrected chi connectivity index (χ2v) is 6.22. The molecule has 126 valence electrons. The number of nitro groups is 1. The molecule has 1 N–H and O–H groups in total. The summed E-state index contributed by atoms with van der Waals surface area (Å²) in [5.41, 5.74) is 2.37. The topological polar surface area (TPSA) is 71.3 Å². The summed E-state index contributed by atoms with van der Waals surface area (Å²) in [5.74, 6) is 0. The van der Waals surface area contributed by atoms with Crippen LogP contribution in [0.1, 0.15) is 31.4 Å². The van der Waals surface area contributed by atoms with Gasteiger partial charge in [0.1, 0.15) is 0 Å². The van der Waals surface area contributed by atoms with Crippen LogP contribution < -0.4 is 5.32 Å². The van der Waals surface area contributed by atoms with E-state index in [0.717, 1.165) is 31.6 Å². The molecule has 24 heavy (non-hydrogen) atoms. The maximum Gasteiger partial charge on any atom is 0.269 e. The van der Waals surface area contributed by atoms with Crippen LogP contribution in [-0.2, 0) is 0 Å². The van der Waals surface area contributed by atoms with Gasteiger partial charge in [-0.2, -0.15) is 0 Å². The summed E-state index contributed by atoms with van der Waals surface area (Å²) < 4.78 is 0. The second kappa shape index (κ2) is 7.40. The minimum absolute atomic E-state index is 0.126. The molecule has 6 nitrogen and oxygen atoms in total. The molecule has 1 aliphatic rings. The lowest BCUT2D eigenvalue weighted by atomic mass is 10.0. The molecule has 0 bridgehead atoms. The number of benzene rings is 1. The van der Waals surface area contributed by atoms with Crippen molar-refractivity contribution in [2.45, 2.75) is 31.8 Å². The highest BCUT2D eigenvalue weighted by atomic mass is 16.6. The Balaban J connectivity index is 1.52. The predicted octanol–water partition coefficient (Wildman–Crippen LogP) is 3.63. The minimum Gasteiger partial charge on any atom is -0.382 e. The number of pyridine rings is 1. The SMILES string of the molecule is CC(c1ccncc1)N1CCC(Nc2ccc([N+](=O)[O-])cc2)CC1. The van der Waals surface area contributed by atoms with Gasteiger partial charge < -0.3 is 5.32 Å². The molecule has 0 amide bonds. The quantitative estimate of drug-likeness (QED) is 0.671. The smallest absolute Gasteiger partial charge is 0.269 e. The fraction of sp³-hybridized carbons (Fsp3) is 0.389. The lowest BCUT2D eigenvalue weighted by Gasteiger charge is -2.36. The van der Waals surface area contributed by atoms with Gasteiger partial charge in [-0.3, -0.25) is 20.0 Å². The molecule has 2 heterocycles. The summed E-state index contributed by atoms with van der Waals surface area (Å²) in [6.45, 7) is 4.31. The molecule has 1 atom stereocenters. The van der Waals surface area contributed by atoms with Gasteiger partial charge in [0.2, 0.25) is 0 Å². The molecule has 1 aliphatic heterocycles. The zero-order chi connectivity index (χ0) is 16.9. The largest absolute Gasteiger partial charge is 0.382 e. The highest BCUT2D eigenvalue weighted by Crippen LogP contribution is 2.25. The van der Waals surface area contributed by atoms with Gasteiger partial charge in [0, 0.05) is 55.4 Å².